The third-order valence-corrected chi connectivity index (χ3v) is 5.17. The number of hydrogen-bond donors (Lipinski definition) is 0. The number of rotatable bonds is 4. The molecule has 0 unspecified atom stereocenters. The molecular weight excluding hydrogens is 398 g/mol. The second-order valence-electron chi connectivity index (χ2n) is 7.29. The summed E-state index contributed by atoms with van der Waals surface area (Å²) >= 11 is 0. The third-order valence-electron chi connectivity index (χ3n) is 5.17. The van der Waals surface area contributed by atoms with Gasteiger partial charge in [-0.1, -0.05) is 18.2 Å². The van der Waals surface area contributed by atoms with E-state index in [-0.39, 0.29) is 17.2 Å². The van der Waals surface area contributed by atoms with Crippen LogP contribution in [-0.2, 0) is 13.1 Å². The number of nitro groups is 1. The summed E-state index contributed by atoms with van der Waals surface area (Å²) < 4.78 is 11.8. The number of benzene rings is 2. The number of aromatic nitrogens is 1. The lowest BCUT2D eigenvalue weighted by atomic mass is 10.0. The summed E-state index contributed by atoms with van der Waals surface area (Å²) in [7, 11) is 0. The van der Waals surface area contributed by atoms with Gasteiger partial charge in [-0.05, 0) is 35.9 Å². The molecule has 0 amide bonds. The average Bonchev–Trinajstić information content (AvgIpc) is 3.10. The molecule has 0 atom stereocenters. The smallest absolute Gasteiger partial charge is 0.270 e. The molecule has 0 aliphatic carbocycles. The Hall–Kier alpha value is -4.04. The highest BCUT2D eigenvalue weighted by Gasteiger charge is 2.33. The molecule has 0 N–H and O–H groups in total. The number of hydrogen-bond acceptors (Lipinski definition) is 7. The zero-order chi connectivity index (χ0) is 21.4. The third kappa shape index (κ3) is 3.64. The topological polar surface area (TPSA) is 94.8 Å². The molecule has 2 aliphatic heterocycles. The van der Waals surface area contributed by atoms with Gasteiger partial charge < -0.3 is 9.47 Å². The van der Waals surface area contributed by atoms with Crippen molar-refractivity contribution in [2.45, 2.75) is 13.1 Å². The molecule has 5 rings (SSSR count). The van der Waals surface area contributed by atoms with Crippen molar-refractivity contribution < 1.29 is 19.2 Å². The highest BCUT2D eigenvalue weighted by Crippen LogP contribution is 2.42. The van der Waals surface area contributed by atoms with Gasteiger partial charge in [0, 0.05) is 31.4 Å². The van der Waals surface area contributed by atoms with Gasteiger partial charge in [0.15, 0.2) is 5.76 Å². The predicted octanol–water partition coefficient (Wildman–Crippen LogP) is 3.96. The van der Waals surface area contributed by atoms with Crippen molar-refractivity contribution in [2.75, 3.05) is 6.73 Å². The van der Waals surface area contributed by atoms with E-state index < -0.39 is 4.92 Å². The number of carbonyl (C=O) groups excluding carboxylic acids is 1. The number of ketones is 1. The minimum absolute atomic E-state index is 0.0479. The first kappa shape index (κ1) is 19.0. The van der Waals surface area contributed by atoms with Crippen LogP contribution >= 0.6 is 0 Å². The molecule has 0 saturated carbocycles. The van der Waals surface area contributed by atoms with Crippen molar-refractivity contribution >= 4 is 17.5 Å². The fourth-order valence-electron chi connectivity index (χ4n) is 3.71. The number of Topliss-reactive ketones (excluding diaryl/α,β-unsaturated/α-hetero) is 1. The molecule has 8 nitrogen and oxygen atoms in total. The average molecular weight is 415 g/mol. The maximum Gasteiger partial charge on any atom is 0.270 e. The summed E-state index contributed by atoms with van der Waals surface area (Å²) in [6.45, 7) is 1.56. The SMILES string of the molecule is O=C1/C(=C/c2cccc([N+](=O)[O-])c2)Oc2c1ccc1c2CN(Cc2ccccn2)CO1. The summed E-state index contributed by atoms with van der Waals surface area (Å²) in [4.78, 5) is 29.9. The molecule has 0 radical (unpaired) electrons. The Morgan fingerprint density at radius 3 is 2.87 bits per heavy atom. The summed E-state index contributed by atoms with van der Waals surface area (Å²) in [6.07, 6.45) is 3.27. The molecule has 3 heterocycles. The molecule has 1 aromatic heterocycles. The van der Waals surface area contributed by atoms with Crippen molar-refractivity contribution in [1.82, 2.24) is 9.88 Å². The number of pyridine rings is 1. The molecule has 154 valence electrons. The van der Waals surface area contributed by atoms with Gasteiger partial charge >= 0.3 is 0 Å². The lowest BCUT2D eigenvalue weighted by Gasteiger charge is -2.29. The minimum atomic E-state index is -0.474. The zero-order valence-electron chi connectivity index (χ0n) is 16.4. The molecule has 8 heteroatoms. The van der Waals surface area contributed by atoms with Gasteiger partial charge in [-0.3, -0.25) is 24.8 Å². The van der Waals surface area contributed by atoms with E-state index in [2.05, 4.69) is 9.88 Å². The first-order chi connectivity index (χ1) is 15.1. The number of fused-ring (bicyclic) bond motifs is 3. The van der Waals surface area contributed by atoms with E-state index in [0.29, 0.717) is 42.4 Å². The monoisotopic (exact) mass is 415 g/mol. The van der Waals surface area contributed by atoms with Crippen LogP contribution in [0, 0.1) is 10.1 Å². The van der Waals surface area contributed by atoms with Crippen LogP contribution in [0.25, 0.3) is 6.08 Å². The number of ether oxygens (including phenoxy) is 2. The Bertz CT molecular complexity index is 1220. The largest absolute Gasteiger partial charge is 0.478 e. The number of non-ortho nitro benzene ring substituents is 1. The van der Waals surface area contributed by atoms with Gasteiger partial charge in [0.25, 0.3) is 5.69 Å². The van der Waals surface area contributed by atoms with E-state index in [4.69, 9.17) is 9.47 Å². The number of nitrogens with zero attached hydrogens (tertiary/aromatic N) is 3. The number of allylic oxidation sites excluding steroid dienone is 1. The minimum Gasteiger partial charge on any atom is -0.478 e. The molecule has 0 spiro atoms. The Labute approximate surface area is 177 Å². The van der Waals surface area contributed by atoms with E-state index >= 15 is 0 Å². The van der Waals surface area contributed by atoms with Gasteiger partial charge in [-0.2, -0.15) is 0 Å². The van der Waals surface area contributed by atoms with Crippen LogP contribution in [0.15, 0.2) is 66.6 Å². The van der Waals surface area contributed by atoms with E-state index in [1.54, 1.807) is 30.5 Å². The van der Waals surface area contributed by atoms with E-state index in [1.165, 1.54) is 18.2 Å². The standard InChI is InChI=1S/C23H17N3O5/c27-22-18-7-8-20-19(13-25(14-30-20)12-16-5-1-2-9-24-16)23(18)31-21(22)11-15-4-3-6-17(10-15)26(28)29/h1-11H,12-14H2/b21-11-. The molecule has 2 aliphatic rings. The fourth-order valence-corrected chi connectivity index (χ4v) is 3.71. The Morgan fingerprint density at radius 1 is 1.16 bits per heavy atom. The van der Waals surface area contributed by atoms with Crippen LogP contribution in [0.3, 0.4) is 0 Å². The first-order valence-corrected chi connectivity index (χ1v) is 9.68. The molecule has 0 fully saturated rings. The zero-order valence-corrected chi connectivity index (χ0v) is 16.4. The van der Waals surface area contributed by atoms with E-state index in [9.17, 15) is 14.9 Å². The molecule has 3 aromatic rings. The molecular formula is C23H17N3O5. The summed E-state index contributed by atoms with van der Waals surface area (Å²) in [5, 5.41) is 11.0. The molecule has 2 aromatic carbocycles. The summed E-state index contributed by atoms with van der Waals surface area (Å²) in [5.41, 5.74) is 2.65. The van der Waals surface area contributed by atoms with Gasteiger partial charge in [-0.25, -0.2) is 0 Å². The predicted molar refractivity (Wildman–Crippen MR) is 111 cm³/mol. The van der Waals surface area contributed by atoms with Gasteiger partial charge in [0.2, 0.25) is 5.78 Å². The Balaban J connectivity index is 1.43. The second kappa shape index (κ2) is 7.66. The quantitative estimate of drug-likeness (QED) is 0.362. The van der Waals surface area contributed by atoms with Crippen molar-refractivity contribution in [3.8, 4) is 11.5 Å². The molecule has 31 heavy (non-hydrogen) atoms. The van der Waals surface area contributed by atoms with Crippen LogP contribution < -0.4 is 9.47 Å². The maximum atomic E-state index is 12.9. The molecule has 0 bridgehead atoms. The van der Waals surface area contributed by atoms with Crippen molar-refractivity contribution in [1.29, 1.82) is 0 Å². The first-order valence-electron chi connectivity index (χ1n) is 9.68. The van der Waals surface area contributed by atoms with Crippen LogP contribution in [0.4, 0.5) is 5.69 Å². The lowest BCUT2D eigenvalue weighted by Crippen LogP contribution is -2.32. The van der Waals surface area contributed by atoms with Crippen molar-refractivity contribution in [2.24, 2.45) is 0 Å². The van der Waals surface area contributed by atoms with Gasteiger partial charge in [-0.15, -0.1) is 0 Å². The fraction of sp³-hybridized carbons (Fsp3) is 0.130. The molecule has 0 saturated heterocycles. The van der Waals surface area contributed by atoms with E-state index in [0.717, 1.165) is 11.3 Å². The van der Waals surface area contributed by atoms with Crippen LogP contribution in [0.1, 0.15) is 27.2 Å². The highest BCUT2D eigenvalue weighted by molar-refractivity contribution is 6.15. The maximum absolute atomic E-state index is 12.9. The van der Waals surface area contributed by atoms with Crippen LogP contribution in [-0.4, -0.2) is 27.3 Å². The van der Waals surface area contributed by atoms with Crippen molar-refractivity contribution in [3.63, 3.8) is 0 Å². The number of nitro benzene ring substituents is 1. The lowest BCUT2D eigenvalue weighted by molar-refractivity contribution is -0.384. The summed E-state index contributed by atoms with van der Waals surface area (Å²) in [6, 6.07) is 15.3. The second-order valence-corrected chi connectivity index (χ2v) is 7.29. The Morgan fingerprint density at radius 2 is 2.06 bits per heavy atom. The van der Waals surface area contributed by atoms with Crippen molar-refractivity contribution in [3.05, 3.63) is 99.1 Å². The van der Waals surface area contributed by atoms with Gasteiger partial charge in [0.1, 0.15) is 18.2 Å². The van der Waals surface area contributed by atoms with Gasteiger partial charge in [0.05, 0.1) is 21.7 Å². The summed E-state index contributed by atoms with van der Waals surface area (Å²) in [5.74, 6) is 1.03. The van der Waals surface area contributed by atoms with Crippen LogP contribution in [0.5, 0.6) is 11.5 Å². The Kier molecular flexibility index (Phi) is 4.68. The van der Waals surface area contributed by atoms with Crippen LogP contribution in [0.2, 0.25) is 0 Å². The van der Waals surface area contributed by atoms with E-state index in [1.807, 2.05) is 18.2 Å². The number of carbonyl (C=O) groups is 1. The highest BCUT2D eigenvalue weighted by atomic mass is 16.6. The normalized spacial score (nSPS) is 16.4.